The molecule has 0 aliphatic rings. The Morgan fingerprint density at radius 2 is 2.31 bits per heavy atom. The van der Waals surface area contributed by atoms with E-state index < -0.39 is 0 Å². The first-order valence-corrected chi connectivity index (χ1v) is 5.04. The van der Waals surface area contributed by atoms with Crippen molar-refractivity contribution in [2.75, 3.05) is 0 Å². The van der Waals surface area contributed by atoms with Crippen molar-refractivity contribution in [3.63, 3.8) is 0 Å². The summed E-state index contributed by atoms with van der Waals surface area (Å²) in [5.74, 6) is 0. The molecule has 0 spiro atoms. The third-order valence-electron chi connectivity index (χ3n) is 2.12. The molecule has 2 rings (SSSR count). The van der Waals surface area contributed by atoms with E-state index >= 15 is 0 Å². The number of fused-ring (bicyclic) bond motifs is 1. The van der Waals surface area contributed by atoms with Crippen molar-refractivity contribution in [2.24, 2.45) is 0 Å². The van der Waals surface area contributed by atoms with Gasteiger partial charge in [0.05, 0.1) is 0 Å². The van der Waals surface area contributed by atoms with Crippen LogP contribution >= 0.6 is 11.3 Å². The Balaban J connectivity index is 2.61. The van der Waals surface area contributed by atoms with Gasteiger partial charge >= 0.3 is 0 Å². The highest BCUT2D eigenvalue weighted by molar-refractivity contribution is 7.19. The summed E-state index contributed by atoms with van der Waals surface area (Å²) < 4.78 is 1.27. The third-order valence-corrected chi connectivity index (χ3v) is 3.24. The molecule has 2 aromatic rings. The summed E-state index contributed by atoms with van der Waals surface area (Å²) in [7, 11) is 0. The van der Waals surface area contributed by atoms with Gasteiger partial charge in [0.1, 0.15) is 6.29 Å². The number of carbonyl (C=O) groups is 1. The zero-order valence-corrected chi connectivity index (χ0v) is 8.23. The molecule has 1 aromatic heterocycles. The molecule has 0 aliphatic heterocycles. The van der Waals surface area contributed by atoms with Gasteiger partial charge in [-0.25, -0.2) is 0 Å². The summed E-state index contributed by atoms with van der Waals surface area (Å²) in [6.45, 7) is 2.10. The molecule has 2 heteroatoms. The second-order valence-corrected chi connectivity index (χ2v) is 4.24. The topological polar surface area (TPSA) is 17.1 Å². The predicted molar refractivity (Wildman–Crippen MR) is 56.3 cm³/mol. The second-order valence-electron chi connectivity index (χ2n) is 3.07. The molecule has 1 aromatic carbocycles. The maximum absolute atomic E-state index is 10.3. The van der Waals surface area contributed by atoms with E-state index in [9.17, 15) is 4.79 Å². The van der Waals surface area contributed by atoms with Gasteiger partial charge in [0, 0.05) is 16.0 Å². The van der Waals surface area contributed by atoms with E-state index in [4.69, 9.17) is 0 Å². The van der Waals surface area contributed by atoms with Crippen LogP contribution in [-0.2, 0) is 11.2 Å². The van der Waals surface area contributed by atoms with E-state index in [1.807, 2.05) is 0 Å². The predicted octanol–water partition coefficient (Wildman–Crippen LogP) is 2.95. The first-order valence-electron chi connectivity index (χ1n) is 4.23. The van der Waals surface area contributed by atoms with Crippen molar-refractivity contribution in [3.05, 3.63) is 34.7 Å². The van der Waals surface area contributed by atoms with Crippen molar-refractivity contribution >= 4 is 27.7 Å². The molecule has 66 valence electrons. The van der Waals surface area contributed by atoms with Crippen LogP contribution in [0.4, 0.5) is 0 Å². The van der Waals surface area contributed by atoms with E-state index in [2.05, 4.69) is 31.2 Å². The van der Waals surface area contributed by atoms with Crippen LogP contribution in [0.25, 0.3) is 10.1 Å². The summed E-state index contributed by atoms with van der Waals surface area (Å²) >= 11 is 1.70. The fourth-order valence-corrected chi connectivity index (χ4v) is 2.53. The monoisotopic (exact) mass is 190 g/mol. The van der Waals surface area contributed by atoms with Crippen molar-refractivity contribution in [2.45, 2.75) is 13.3 Å². The molecular formula is C11H10OS. The molecule has 0 aliphatic carbocycles. The van der Waals surface area contributed by atoms with Gasteiger partial charge in [0.15, 0.2) is 0 Å². The van der Waals surface area contributed by atoms with Gasteiger partial charge in [0.2, 0.25) is 0 Å². The standard InChI is InChI=1S/C11H10OS/c1-8-3-2-4-11-10(8)7-9(13-11)5-6-12/h2-4,6-7H,5H2,1H3. The fraction of sp³-hybridized carbons (Fsp3) is 0.182. The minimum atomic E-state index is 0.540. The summed E-state index contributed by atoms with van der Waals surface area (Å²) in [6.07, 6.45) is 1.50. The van der Waals surface area contributed by atoms with Crippen molar-refractivity contribution < 1.29 is 4.79 Å². The summed E-state index contributed by atoms with van der Waals surface area (Å²) in [6, 6.07) is 8.36. The van der Waals surface area contributed by atoms with E-state index in [1.54, 1.807) is 11.3 Å². The summed E-state index contributed by atoms with van der Waals surface area (Å²) in [4.78, 5) is 11.5. The SMILES string of the molecule is Cc1cccc2sc(CC=O)cc12. The number of rotatable bonds is 2. The van der Waals surface area contributed by atoms with Crippen molar-refractivity contribution in [1.29, 1.82) is 0 Å². The molecule has 0 amide bonds. The smallest absolute Gasteiger partial charge is 0.125 e. The van der Waals surface area contributed by atoms with Crippen LogP contribution in [0.3, 0.4) is 0 Å². The maximum Gasteiger partial charge on any atom is 0.125 e. The molecule has 13 heavy (non-hydrogen) atoms. The average Bonchev–Trinajstić information content (AvgIpc) is 2.49. The Hall–Kier alpha value is -1.15. The first kappa shape index (κ1) is 8.45. The zero-order valence-electron chi connectivity index (χ0n) is 7.41. The fourth-order valence-electron chi connectivity index (χ4n) is 1.44. The molecule has 0 bridgehead atoms. The quantitative estimate of drug-likeness (QED) is 0.665. The lowest BCUT2D eigenvalue weighted by molar-refractivity contribution is -0.107. The highest BCUT2D eigenvalue weighted by atomic mass is 32.1. The lowest BCUT2D eigenvalue weighted by atomic mass is 10.1. The largest absolute Gasteiger partial charge is 0.303 e. The Morgan fingerprint density at radius 1 is 1.46 bits per heavy atom. The minimum absolute atomic E-state index is 0.540. The Kier molecular flexibility index (Phi) is 2.15. The molecule has 0 fully saturated rings. The van der Waals surface area contributed by atoms with Gasteiger partial charge in [-0.05, 0) is 30.0 Å². The van der Waals surface area contributed by atoms with Crippen LogP contribution in [0.1, 0.15) is 10.4 Å². The molecule has 0 saturated carbocycles. The Bertz CT molecular complexity index is 442. The molecule has 1 heterocycles. The van der Waals surface area contributed by atoms with Gasteiger partial charge in [-0.1, -0.05) is 12.1 Å². The number of aryl methyl sites for hydroxylation is 1. The Labute approximate surface area is 81.0 Å². The van der Waals surface area contributed by atoms with E-state index in [1.165, 1.54) is 15.6 Å². The van der Waals surface area contributed by atoms with Crippen LogP contribution in [0, 0.1) is 6.92 Å². The molecule has 0 unspecified atom stereocenters. The highest BCUT2D eigenvalue weighted by Gasteiger charge is 2.02. The van der Waals surface area contributed by atoms with E-state index in [0.717, 1.165) is 11.2 Å². The number of benzene rings is 1. The van der Waals surface area contributed by atoms with Crippen LogP contribution in [0.5, 0.6) is 0 Å². The van der Waals surface area contributed by atoms with Gasteiger partial charge in [-0.2, -0.15) is 0 Å². The van der Waals surface area contributed by atoms with Crippen molar-refractivity contribution in [3.8, 4) is 0 Å². The zero-order chi connectivity index (χ0) is 9.26. The molecule has 0 atom stereocenters. The van der Waals surface area contributed by atoms with E-state index in [-0.39, 0.29) is 0 Å². The minimum Gasteiger partial charge on any atom is -0.303 e. The lowest BCUT2D eigenvalue weighted by Crippen LogP contribution is -1.77. The number of hydrogen-bond donors (Lipinski definition) is 0. The Morgan fingerprint density at radius 3 is 3.00 bits per heavy atom. The third kappa shape index (κ3) is 1.49. The van der Waals surface area contributed by atoms with E-state index in [0.29, 0.717) is 6.42 Å². The molecule has 1 nitrogen and oxygen atoms in total. The first-order chi connectivity index (χ1) is 6.31. The number of thiophene rings is 1. The van der Waals surface area contributed by atoms with Crippen molar-refractivity contribution in [1.82, 2.24) is 0 Å². The van der Waals surface area contributed by atoms with Crippen LogP contribution in [-0.4, -0.2) is 6.29 Å². The van der Waals surface area contributed by atoms with Gasteiger partial charge < -0.3 is 4.79 Å². The van der Waals surface area contributed by atoms with Crippen LogP contribution in [0.2, 0.25) is 0 Å². The summed E-state index contributed by atoms with van der Waals surface area (Å²) in [5, 5.41) is 1.28. The number of aldehydes is 1. The highest BCUT2D eigenvalue weighted by Crippen LogP contribution is 2.27. The number of carbonyl (C=O) groups excluding carboxylic acids is 1. The molecule has 0 N–H and O–H groups in total. The molecular weight excluding hydrogens is 180 g/mol. The summed E-state index contributed by atoms with van der Waals surface area (Å²) in [5.41, 5.74) is 1.28. The molecule has 0 saturated heterocycles. The molecule has 0 radical (unpaired) electrons. The normalized spacial score (nSPS) is 10.5. The van der Waals surface area contributed by atoms with Gasteiger partial charge in [0.25, 0.3) is 0 Å². The number of hydrogen-bond acceptors (Lipinski definition) is 2. The van der Waals surface area contributed by atoms with Crippen LogP contribution in [0.15, 0.2) is 24.3 Å². The van der Waals surface area contributed by atoms with Gasteiger partial charge in [-0.15, -0.1) is 11.3 Å². The second kappa shape index (κ2) is 3.30. The lowest BCUT2D eigenvalue weighted by Gasteiger charge is -1.91. The maximum atomic E-state index is 10.3. The van der Waals surface area contributed by atoms with Crippen LogP contribution < -0.4 is 0 Å². The average molecular weight is 190 g/mol. The van der Waals surface area contributed by atoms with Gasteiger partial charge in [-0.3, -0.25) is 0 Å².